The third kappa shape index (κ3) is 5.32. The van der Waals surface area contributed by atoms with Crippen LogP contribution >= 0.6 is 0 Å². The van der Waals surface area contributed by atoms with Crippen molar-refractivity contribution < 1.29 is 27.5 Å². The van der Waals surface area contributed by atoms with Crippen molar-refractivity contribution in [1.29, 1.82) is 0 Å². The molecule has 0 aliphatic carbocycles. The number of nitrogens with zero attached hydrogens (tertiary/aromatic N) is 1. The maximum Gasteiger partial charge on any atom is 0.416 e. The summed E-state index contributed by atoms with van der Waals surface area (Å²) in [5.41, 5.74) is 0.985. The van der Waals surface area contributed by atoms with E-state index in [1.54, 1.807) is 12.1 Å². The molecule has 1 heterocycles. The van der Waals surface area contributed by atoms with Crippen LogP contribution in [0.2, 0.25) is 0 Å². The number of carboxylic acids is 1. The molecule has 1 aliphatic heterocycles. The van der Waals surface area contributed by atoms with Gasteiger partial charge in [-0.1, -0.05) is 24.3 Å². The normalized spacial score (nSPS) is 20.9. The van der Waals surface area contributed by atoms with Gasteiger partial charge in [0.1, 0.15) is 5.82 Å². The molecular formula is C21H21F4NO2. The summed E-state index contributed by atoms with van der Waals surface area (Å²) in [5.74, 6) is -1.23. The molecule has 1 saturated heterocycles. The fraction of sp³-hybridized carbons (Fsp3) is 0.381. The van der Waals surface area contributed by atoms with Crippen molar-refractivity contribution in [2.24, 2.45) is 5.92 Å². The predicted octanol–water partition coefficient (Wildman–Crippen LogP) is 4.92. The monoisotopic (exact) mass is 395 g/mol. The first kappa shape index (κ1) is 20.3. The topological polar surface area (TPSA) is 40.5 Å². The van der Waals surface area contributed by atoms with Crippen molar-refractivity contribution in [2.45, 2.75) is 31.5 Å². The van der Waals surface area contributed by atoms with Crippen molar-refractivity contribution in [3.05, 3.63) is 71.0 Å². The van der Waals surface area contributed by atoms with Crippen LogP contribution < -0.4 is 0 Å². The number of rotatable bonds is 5. The molecule has 1 aliphatic rings. The Morgan fingerprint density at radius 3 is 2.25 bits per heavy atom. The minimum atomic E-state index is -4.37. The Bertz CT molecular complexity index is 803. The summed E-state index contributed by atoms with van der Waals surface area (Å²) in [6, 6.07) is 11.2. The van der Waals surface area contributed by atoms with Gasteiger partial charge in [-0.25, -0.2) is 4.39 Å². The number of carbonyl (C=O) groups is 1. The summed E-state index contributed by atoms with van der Waals surface area (Å²) >= 11 is 0. The number of piperidine rings is 1. The lowest BCUT2D eigenvalue weighted by molar-refractivity contribution is -0.139. The molecule has 3 rings (SSSR count). The van der Waals surface area contributed by atoms with E-state index in [1.165, 1.54) is 24.3 Å². The van der Waals surface area contributed by atoms with Crippen molar-refractivity contribution in [2.75, 3.05) is 13.1 Å². The molecule has 2 aromatic rings. The lowest BCUT2D eigenvalue weighted by Gasteiger charge is -2.37. The Hall–Kier alpha value is -2.41. The second kappa shape index (κ2) is 8.31. The standard InChI is InChI=1S/C21H21F4NO2/c22-19-7-3-16(4-8-19)17-9-15(10-20(27)28)12-26(13-17)11-14-1-5-18(6-2-14)21(23,24)25/h1-8,15,17H,9-13H2,(H,27,28)/t15-,17+/m1/s1. The van der Waals surface area contributed by atoms with Gasteiger partial charge in [0.15, 0.2) is 0 Å². The smallest absolute Gasteiger partial charge is 0.416 e. The highest BCUT2D eigenvalue weighted by Gasteiger charge is 2.31. The van der Waals surface area contributed by atoms with Crippen molar-refractivity contribution in [1.82, 2.24) is 4.90 Å². The summed E-state index contributed by atoms with van der Waals surface area (Å²) in [6.45, 7) is 1.64. The van der Waals surface area contributed by atoms with Crippen molar-refractivity contribution >= 4 is 5.97 Å². The lowest BCUT2D eigenvalue weighted by Crippen LogP contribution is -2.39. The molecular weight excluding hydrogens is 374 g/mol. The van der Waals surface area contributed by atoms with Gasteiger partial charge in [-0.2, -0.15) is 13.2 Å². The van der Waals surface area contributed by atoms with Crippen LogP contribution in [-0.2, 0) is 17.5 Å². The number of aliphatic carboxylic acids is 1. The number of likely N-dealkylation sites (tertiary alicyclic amines) is 1. The van der Waals surface area contributed by atoms with E-state index in [4.69, 9.17) is 5.11 Å². The highest BCUT2D eigenvalue weighted by Crippen LogP contribution is 2.33. The first-order valence-electron chi connectivity index (χ1n) is 9.06. The molecule has 0 saturated carbocycles. The first-order valence-corrected chi connectivity index (χ1v) is 9.06. The largest absolute Gasteiger partial charge is 0.481 e. The Balaban J connectivity index is 1.74. The van der Waals surface area contributed by atoms with Crippen LogP contribution in [0.1, 0.15) is 35.4 Å². The van der Waals surface area contributed by atoms with Gasteiger partial charge >= 0.3 is 12.1 Å². The SMILES string of the molecule is O=C(O)C[C@H]1C[C@H](c2ccc(F)cc2)CN(Cc2ccc(C(F)(F)F)cc2)C1. The first-order chi connectivity index (χ1) is 13.2. The molecule has 0 unspecified atom stereocenters. The van der Waals surface area contributed by atoms with Gasteiger partial charge < -0.3 is 5.11 Å². The number of hydrogen-bond donors (Lipinski definition) is 1. The fourth-order valence-corrected chi connectivity index (χ4v) is 3.86. The van der Waals surface area contributed by atoms with Gasteiger partial charge in [0.25, 0.3) is 0 Å². The van der Waals surface area contributed by atoms with Gasteiger partial charge in [-0.05, 0) is 53.6 Å². The molecule has 0 radical (unpaired) electrons. The molecule has 1 fully saturated rings. The summed E-state index contributed by atoms with van der Waals surface area (Å²) in [4.78, 5) is 13.2. The third-order valence-electron chi connectivity index (χ3n) is 5.10. The van der Waals surface area contributed by atoms with E-state index in [-0.39, 0.29) is 24.1 Å². The molecule has 0 aromatic heterocycles. The Morgan fingerprint density at radius 2 is 1.68 bits per heavy atom. The van der Waals surface area contributed by atoms with Crippen LogP contribution in [0.15, 0.2) is 48.5 Å². The number of halogens is 4. The minimum absolute atomic E-state index is 0.0290. The Kier molecular flexibility index (Phi) is 6.03. The minimum Gasteiger partial charge on any atom is -0.481 e. The fourth-order valence-electron chi connectivity index (χ4n) is 3.86. The Morgan fingerprint density at radius 1 is 1.04 bits per heavy atom. The lowest BCUT2D eigenvalue weighted by atomic mass is 9.83. The predicted molar refractivity (Wildman–Crippen MR) is 96.2 cm³/mol. The highest BCUT2D eigenvalue weighted by molar-refractivity contribution is 5.67. The molecule has 3 nitrogen and oxygen atoms in total. The van der Waals surface area contributed by atoms with E-state index >= 15 is 0 Å². The highest BCUT2D eigenvalue weighted by atomic mass is 19.4. The van der Waals surface area contributed by atoms with E-state index in [2.05, 4.69) is 4.90 Å². The zero-order chi connectivity index (χ0) is 20.3. The molecule has 1 N–H and O–H groups in total. The van der Waals surface area contributed by atoms with Crippen molar-refractivity contribution in [3.8, 4) is 0 Å². The number of benzene rings is 2. The van der Waals surface area contributed by atoms with E-state index in [0.717, 1.165) is 23.3 Å². The van der Waals surface area contributed by atoms with E-state index in [9.17, 15) is 22.4 Å². The second-order valence-corrected chi connectivity index (χ2v) is 7.34. The van der Waals surface area contributed by atoms with Gasteiger partial charge in [-0.3, -0.25) is 9.69 Å². The molecule has 150 valence electrons. The number of carboxylic acid groups (broad SMARTS) is 1. The molecule has 7 heteroatoms. The van der Waals surface area contributed by atoms with Crippen LogP contribution in [0, 0.1) is 11.7 Å². The zero-order valence-corrected chi connectivity index (χ0v) is 15.1. The van der Waals surface area contributed by atoms with Gasteiger partial charge in [0, 0.05) is 26.1 Å². The maximum atomic E-state index is 13.2. The van der Waals surface area contributed by atoms with E-state index in [0.29, 0.717) is 26.1 Å². The summed E-state index contributed by atoms with van der Waals surface area (Å²) in [6.07, 6.45) is -3.66. The molecule has 0 amide bonds. The second-order valence-electron chi connectivity index (χ2n) is 7.34. The van der Waals surface area contributed by atoms with Crippen LogP contribution in [0.4, 0.5) is 17.6 Å². The molecule has 0 spiro atoms. The molecule has 2 atom stereocenters. The van der Waals surface area contributed by atoms with Crippen LogP contribution in [0.5, 0.6) is 0 Å². The molecule has 0 bridgehead atoms. The van der Waals surface area contributed by atoms with Crippen LogP contribution in [0.25, 0.3) is 0 Å². The molecule has 2 aromatic carbocycles. The van der Waals surface area contributed by atoms with E-state index in [1.807, 2.05) is 0 Å². The van der Waals surface area contributed by atoms with E-state index < -0.39 is 17.7 Å². The van der Waals surface area contributed by atoms with Gasteiger partial charge in [0.2, 0.25) is 0 Å². The Labute approximate surface area is 160 Å². The average Bonchev–Trinajstić information content (AvgIpc) is 2.61. The zero-order valence-electron chi connectivity index (χ0n) is 15.1. The van der Waals surface area contributed by atoms with Gasteiger partial charge in [-0.15, -0.1) is 0 Å². The van der Waals surface area contributed by atoms with Gasteiger partial charge in [0.05, 0.1) is 5.56 Å². The average molecular weight is 395 g/mol. The summed E-state index contributed by atoms with van der Waals surface area (Å²) in [7, 11) is 0. The summed E-state index contributed by atoms with van der Waals surface area (Å²) < 4.78 is 51.4. The number of hydrogen-bond acceptors (Lipinski definition) is 2. The van der Waals surface area contributed by atoms with Crippen molar-refractivity contribution in [3.63, 3.8) is 0 Å². The van der Waals surface area contributed by atoms with Crippen LogP contribution in [0.3, 0.4) is 0 Å². The summed E-state index contributed by atoms with van der Waals surface area (Å²) in [5, 5.41) is 9.17. The molecule has 28 heavy (non-hydrogen) atoms. The van der Waals surface area contributed by atoms with Crippen LogP contribution in [-0.4, -0.2) is 29.1 Å². The quantitative estimate of drug-likeness (QED) is 0.731. The maximum absolute atomic E-state index is 13.2. The number of alkyl halides is 3. The third-order valence-corrected chi connectivity index (χ3v) is 5.10.